The second-order valence-corrected chi connectivity index (χ2v) is 4.15. The van der Waals surface area contributed by atoms with Gasteiger partial charge in [0.15, 0.2) is 0 Å². The fourth-order valence-electron chi connectivity index (χ4n) is 1.03. The summed E-state index contributed by atoms with van der Waals surface area (Å²) in [5, 5.41) is 7.26. The van der Waals surface area contributed by atoms with E-state index >= 15 is 0 Å². The molecule has 0 heterocycles. The molecule has 0 unspecified atom stereocenters. The van der Waals surface area contributed by atoms with Gasteiger partial charge in [0.2, 0.25) is 11.3 Å². The average Bonchev–Trinajstić information content (AvgIpc) is 2.38. The molecular formula is C11H20ClNO6. The smallest absolute Gasteiger partial charge is 0.339 e. The topological polar surface area (TPSA) is 102 Å². The second kappa shape index (κ2) is 10.6. The standard InChI is InChI=1S/C10H17ClO4.CH3NO2/c1-5-14-8(12)10(11,7(3)4)9(13)15-6-2;3-1-2-4/h7H,5-6H2,1-4H3;1,4H,(H,2,3). The lowest BCUT2D eigenvalue weighted by Crippen LogP contribution is -2.48. The Morgan fingerprint density at radius 1 is 1.26 bits per heavy atom. The third-order valence-electron chi connectivity index (χ3n) is 1.99. The highest BCUT2D eigenvalue weighted by Gasteiger charge is 2.50. The summed E-state index contributed by atoms with van der Waals surface area (Å²) in [6.07, 6.45) is 0.181. The van der Waals surface area contributed by atoms with Crippen molar-refractivity contribution >= 4 is 29.9 Å². The van der Waals surface area contributed by atoms with E-state index < -0.39 is 22.7 Å². The molecular weight excluding hydrogens is 278 g/mol. The molecule has 0 aliphatic carbocycles. The first-order valence-corrected chi connectivity index (χ1v) is 6.07. The number of hydroxylamine groups is 1. The maximum atomic E-state index is 11.6. The summed E-state index contributed by atoms with van der Waals surface area (Å²) in [7, 11) is 0. The number of carbonyl (C=O) groups excluding carboxylic acids is 3. The van der Waals surface area contributed by atoms with Crippen molar-refractivity contribution in [1.29, 1.82) is 0 Å². The number of alkyl halides is 1. The maximum Gasteiger partial charge on any atom is 0.339 e. The Hall–Kier alpha value is -1.34. The molecule has 0 spiro atoms. The van der Waals surface area contributed by atoms with Gasteiger partial charge in [-0.15, -0.1) is 0 Å². The number of nitrogens with one attached hydrogen (secondary N) is 1. The minimum Gasteiger partial charge on any atom is -0.464 e. The summed E-state index contributed by atoms with van der Waals surface area (Å²) in [6, 6.07) is 0. The molecule has 19 heavy (non-hydrogen) atoms. The number of rotatable bonds is 6. The number of carbonyl (C=O) groups is 3. The number of hydrogen-bond acceptors (Lipinski definition) is 6. The molecule has 0 atom stereocenters. The first kappa shape index (κ1) is 20.0. The molecule has 0 saturated carbocycles. The summed E-state index contributed by atoms with van der Waals surface area (Å²) < 4.78 is 9.53. The van der Waals surface area contributed by atoms with Gasteiger partial charge in [-0.3, -0.25) is 10.0 Å². The van der Waals surface area contributed by atoms with Crippen molar-refractivity contribution < 1.29 is 29.1 Å². The summed E-state index contributed by atoms with van der Waals surface area (Å²) >= 11 is 5.98. The molecule has 0 aromatic rings. The monoisotopic (exact) mass is 297 g/mol. The highest BCUT2D eigenvalue weighted by molar-refractivity contribution is 6.44. The van der Waals surface area contributed by atoms with Crippen molar-refractivity contribution in [2.24, 2.45) is 5.92 Å². The Morgan fingerprint density at radius 2 is 1.58 bits per heavy atom. The van der Waals surface area contributed by atoms with Crippen LogP contribution in [0.5, 0.6) is 0 Å². The predicted molar refractivity (Wildman–Crippen MR) is 67.7 cm³/mol. The van der Waals surface area contributed by atoms with Gasteiger partial charge in [0.05, 0.1) is 13.2 Å². The average molecular weight is 298 g/mol. The Kier molecular flexibility index (Phi) is 11.1. The molecule has 1 amide bonds. The van der Waals surface area contributed by atoms with Crippen LogP contribution in [0.2, 0.25) is 0 Å². The van der Waals surface area contributed by atoms with E-state index in [1.165, 1.54) is 5.48 Å². The van der Waals surface area contributed by atoms with Gasteiger partial charge in [-0.05, 0) is 19.8 Å². The summed E-state index contributed by atoms with van der Waals surface area (Å²) in [6.45, 7) is 7.00. The van der Waals surface area contributed by atoms with Crippen LogP contribution in [0.25, 0.3) is 0 Å². The zero-order valence-corrected chi connectivity index (χ0v) is 12.2. The van der Waals surface area contributed by atoms with Crippen LogP contribution in [0.3, 0.4) is 0 Å². The van der Waals surface area contributed by atoms with Crippen LogP contribution in [0.1, 0.15) is 27.7 Å². The first-order chi connectivity index (χ1) is 8.82. The Bertz CT molecular complexity index is 277. The fraction of sp³-hybridized carbons (Fsp3) is 0.727. The fourth-order valence-corrected chi connectivity index (χ4v) is 1.14. The minimum atomic E-state index is -1.73. The van der Waals surface area contributed by atoms with Crippen LogP contribution in [0.15, 0.2) is 0 Å². The van der Waals surface area contributed by atoms with Gasteiger partial charge in [0, 0.05) is 0 Å². The number of ether oxygens (including phenoxy) is 2. The van der Waals surface area contributed by atoms with E-state index in [1.54, 1.807) is 27.7 Å². The van der Waals surface area contributed by atoms with Crippen molar-refractivity contribution in [3.05, 3.63) is 0 Å². The highest BCUT2D eigenvalue weighted by atomic mass is 35.5. The van der Waals surface area contributed by atoms with Crippen molar-refractivity contribution in [3.63, 3.8) is 0 Å². The van der Waals surface area contributed by atoms with E-state index in [2.05, 4.69) is 0 Å². The summed E-state index contributed by atoms with van der Waals surface area (Å²) in [5.74, 6) is -1.89. The van der Waals surface area contributed by atoms with E-state index in [0.29, 0.717) is 0 Å². The third kappa shape index (κ3) is 6.40. The number of halogens is 1. The molecule has 0 rings (SSSR count). The van der Waals surface area contributed by atoms with Gasteiger partial charge in [-0.1, -0.05) is 25.4 Å². The molecule has 0 aromatic heterocycles. The minimum absolute atomic E-state index is 0.180. The normalized spacial score (nSPS) is 10.1. The number of hydrogen-bond donors (Lipinski definition) is 2. The second-order valence-electron chi connectivity index (χ2n) is 3.55. The lowest BCUT2D eigenvalue weighted by Gasteiger charge is -2.25. The molecule has 8 heteroatoms. The molecule has 0 fully saturated rings. The van der Waals surface area contributed by atoms with Crippen LogP contribution in [0, 0.1) is 5.92 Å². The maximum absolute atomic E-state index is 11.6. The van der Waals surface area contributed by atoms with Crippen LogP contribution < -0.4 is 5.48 Å². The van der Waals surface area contributed by atoms with Crippen LogP contribution in [0.4, 0.5) is 0 Å². The van der Waals surface area contributed by atoms with Gasteiger partial charge in [0.25, 0.3) is 0 Å². The lowest BCUT2D eigenvalue weighted by atomic mass is 9.95. The number of esters is 2. The zero-order chi connectivity index (χ0) is 15.5. The van der Waals surface area contributed by atoms with Crippen LogP contribution >= 0.6 is 11.6 Å². The van der Waals surface area contributed by atoms with Crippen molar-refractivity contribution in [2.45, 2.75) is 32.6 Å². The van der Waals surface area contributed by atoms with Gasteiger partial charge in [0.1, 0.15) is 0 Å². The Labute approximate surface area is 117 Å². The first-order valence-electron chi connectivity index (χ1n) is 5.69. The zero-order valence-electron chi connectivity index (χ0n) is 11.4. The van der Waals surface area contributed by atoms with Crippen LogP contribution in [-0.4, -0.2) is 41.6 Å². The molecule has 0 aromatic carbocycles. The molecule has 2 N–H and O–H groups in total. The molecule has 0 radical (unpaired) electrons. The van der Waals surface area contributed by atoms with Gasteiger partial charge >= 0.3 is 11.9 Å². The highest BCUT2D eigenvalue weighted by Crippen LogP contribution is 2.28. The molecule has 112 valence electrons. The SMILES string of the molecule is CCOC(=O)C(Cl)(C(=O)OCC)C(C)C.O=CNO. The molecule has 0 saturated heterocycles. The van der Waals surface area contributed by atoms with E-state index in [4.69, 9.17) is 31.1 Å². The van der Waals surface area contributed by atoms with Crippen molar-refractivity contribution in [3.8, 4) is 0 Å². The lowest BCUT2D eigenvalue weighted by molar-refractivity contribution is -0.161. The van der Waals surface area contributed by atoms with E-state index in [9.17, 15) is 9.59 Å². The van der Waals surface area contributed by atoms with E-state index in [1.807, 2.05) is 0 Å². The van der Waals surface area contributed by atoms with Gasteiger partial charge in [-0.25, -0.2) is 15.1 Å². The molecule has 0 aliphatic rings. The van der Waals surface area contributed by atoms with Gasteiger partial charge in [-0.2, -0.15) is 0 Å². The quantitative estimate of drug-likeness (QED) is 0.188. The summed E-state index contributed by atoms with van der Waals surface area (Å²) in [4.78, 5) is 30.2. The van der Waals surface area contributed by atoms with E-state index in [-0.39, 0.29) is 19.6 Å². The van der Waals surface area contributed by atoms with Crippen molar-refractivity contribution in [1.82, 2.24) is 5.48 Å². The Morgan fingerprint density at radius 3 is 1.74 bits per heavy atom. The van der Waals surface area contributed by atoms with Crippen molar-refractivity contribution in [2.75, 3.05) is 13.2 Å². The summed E-state index contributed by atoms with van der Waals surface area (Å²) in [5.41, 5.74) is 1.25. The van der Waals surface area contributed by atoms with E-state index in [0.717, 1.165) is 0 Å². The third-order valence-corrected chi connectivity index (χ3v) is 2.74. The van der Waals surface area contributed by atoms with Crippen LogP contribution in [-0.2, 0) is 23.9 Å². The molecule has 0 bridgehead atoms. The largest absolute Gasteiger partial charge is 0.464 e. The Balaban J connectivity index is 0. The molecule has 7 nitrogen and oxygen atoms in total. The van der Waals surface area contributed by atoms with Gasteiger partial charge < -0.3 is 9.47 Å². The molecule has 0 aliphatic heterocycles. The predicted octanol–water partition coefficient (Wildman–Crippen LogP) is 0.868. The number of amides is 1.